The fraction of sp³-hybridized carbons (Fsp3) is 0.483. The van der Waals surface area contributed by atoms with Crippen LogP contribution in [0.15, 0.2) is 36.9 Å². The zero-order valence-electron chi connectivity index (χ0n) is 22.9. The molecule has 2 amide bonds. The molecule has 2 aromatic rings. The lowest BCUT2D eigenvalue weighted by atomic mass is 10.1. The number of rotatable bonds is 8. The number of ether oxygens (including phenoxy) is 2. The molecular formula is C29H34BrN3O6. The highest BCUT2D eigenvalue weighted by Crippen LogP contribution is 2.45. The van der Waals surface area contributed by atoms with E-state index in [0.717, 1.165) is 5.56 Å². The van der Waals surface area contributed by atoms with E-state index in [4.69, 9.17) is 9.47 Å². The van der Waals surface area contributed by atoms with Gasteiger partial charge in [0.25, 0.3) is 0 Å². The van der Waals surface area contributed by atoms with Crippen molar-refractivity contribution in [2.24, 2.45) is 5.92 Å². The number of nitrogens with one attached hydrogen (secondary N) is 1. The molecule has 4 unspecified atom stereocenters. The molecule has 9 nitrogen and oxygen atoms in total. The summed E-state index contributed by atoms with van der Waals surface area (Å²) in [5.74, 6) is -0.513. The van der Waals surface area contributed by atoms with Crippen molar-refractivity contribution in [3.8, 4) is 5.75 Å². The Morgan fingerprint density at radius 1 is 1.26 bits per heavy atom. The maximum Gasteiger partial charge on any atom is 0.411 e. The summed E-state index contributed by atoms with van der Waals surface area (Å²) in [5.41, 5.74) is 0.0770. The third kappa shape index (κ3) is 6.00. The van der Waals surface area contributed by atoms with Gasteiger partial charge in [-0.25, -0.2) is 9.78 Å². The van der Waals surface area contributed by atoms with E-state index in [1.165, 1.54) is 11.8 Å². The standard InChI is InChI=1S/C29H34BrN3O6/c1-7-18-13-29(18,17(3)34)32-26(36)23-11-19(15-33(23)27(37)39-28(4,5)6)38-25-12-22(24(35)14-30)31-21-10-16(2)8-9-20(21)25/h7-10,12,18-19,23H,1,11,13-15H2,2-6H3,(H,32,36). The number of carbonyl (C=O) groups is 4. The quantitative estimate of drug-likeness (QED) is 0.269. The number of pyridine rings is 1. The third-order valence-electron chi connectivity index (χ3n) is 7.10. The van der Waals surface area contributed by atoms with E-state index in [2.05, 4.69) is 32.8 Å². The maximum atomic E-state index is 13.5. The zero-order valence-corrected chi connectivity index (χ0v) is 24.5. The van der Waals surface area contributed by atoms with Gasteiger partial charge in [0.15, 0.2) is 11.6 Å². The summed E-state index contributed by atoms with van der Waals surface area (Å²) < 4.78 is 12.0. The van der Waals surface area contributed by atoms with E-state index in [1.54, 1.807) is 32.9 Å². The maximum absolute atomic E-state index is 13.5. The number of nitrogens with zero attached hydrogens (tertiary/aromatic N) is 2. The molecule has 1 saturated carbocycles. The van der Waals surface area contributed by atoms with Crippen molar-refractivity contribution in [1.29, 1.82) is 0 Å². The Morgan fingerprint density at radius 2 is 1.97 bits per heavy atom. The molecule has 0 bridgehead atoms. The molecule has 208 valence electrons. The van der Waals surface area contributed by atoms with Crippen molar-refractivity contribution in [3.05, 3.63) is 48.2 Å². The van der Waals surface area contributed by atoms with Gasteiger partial charge >= 0.3 is 6.09 Å². The van der Waals surface area contributed by atoms with Crippen LogP contribution in [-0.2, 0) is 14.3 Å². The largest absolute Gasteiger partial charge is 0.488 e. The van der Waals surface area contributed by atoms with Crippen molar-refractivity contribution in [2.45, 2.75) is 70.7 Å². The van der Waals surface area contributed by atoms with E-state index in [9.17, 15) is 19.2 Å². The lowest BCUT2D eigenvalue weighted by molar-refractivity contribution is -0.130. The molecule has 39 heavy (non-hydrogen) atoms. The van der Waals surface area contributed by atoms with E-state index in [1.807, 2.05) is 25.1 Å². The number of ketones is 2. The van der Waals surface area contributed by atoms with Crippen LogP contribution in [0.3, 0.4) is 0 Å². The normalized spacial score (nSPS) is 24.3. The number of alkyl halides is 1. The lowest BCUT2D eigenvalue weighted by Gasteiger charge is -2.28. The fourth-order valence-corrected chi connectivity index (χ4v) is 5.25. The number of halogens is 1. The van der Waals surface area contributed by atoms with Gasteiger partial charge in [-0.1, -0.05) is 28.1 Å². The minimum absolute atomic E-state index is 0.0857. The molecule has 1 saturated heterocycles. The average Bonchev–Trinajstić information content (AvgIpc) is 3.41. The molecule has 4 atom stereocenters. The van der Waals surface area contributed by atoms with E-state index >= 15 is 0 Å². The second-order valence-corrected chi connectivity index (χ2v) is 11.8. The third-order valence-corrected chi connectivity index (χ3v) is 7.60. The van der Waals surface area contributed by atoms with Gasteiger partial charge in [0.1, 0.15) is 34.7 Å². The summed E-state index contributed by atoms with van der Waals surface area (Å²) >= 11 is 3.20. The number of hydrogen-bond acceptors (Lipinski definition) is 7. The molecule has 1 aromatic heterocycles. The molecule has 1 aliphatic carbocycles. The monoisotopic (exact) mass is 599 g/mol. The van der Waals surface area contributed by atoms with Crippen LogP contribution in [0.5, 0.6) is 5.75 Å². The molecular weight excluding hydrogens is 566 g/mol. The van der Waals surface area contributed by atoms with Crippen molar-refractivity contribution < 1.29 is 28.7 Å². The smallest absolute Gasteiger partial charge is 0.411 e. The Labute approximate surface area is 236 Å². The predicted octanol–water partition coefficient (Wildman–Crippen LogP) is 4.53. The number of carbonyl (C=O) groups excluding carboxylic acids is 4. The van der Waals surface area contributed by atoms with Crippen molar-refractivity contribution in [1.82, 2.24) is 15.2 Å². The van der Waals surface area contributed by atoms with Crippen LogP contribution in [0.1, 0.15) is 56.6 Å². The molecule has 2 heterocycles. The molecule has 2 aliphatic rings. The number of benzene rings is 1. The SMILES string of the molecule is C=CC1CC1(NC(=O)C1CC(Oc2cc(C(=O)CBr)nc3cc(C)ccc23)CN1C(=O)OC(C)(C)C)C(C)=O. The van der Waals surface area contributed by atoms with Crippen LogP contribution in [0.2, 0.25) is 0 Å². The van der Waals surface area contributed by atoms with E-state index in [0.29, 0.717) is 23.1 Å². The number of aromatic nitrogens is 1. The minimum atomic E-state index is -0.999. The van der Waals surface area contributed by atoms with Crippen LogP contribution in [0.4, 0.5) is 4.79 Å². The Balaban J connectivity index is 1.64. The molecule has 0 radical (unpaired) electrons. The van der Waals surface area contributed by atoms with Gasteiger partial charge < -0.3 is 14.8 Å². The minimum Gasteiger partial charge on any atom is -0.488 e. The number of Topliss-reactive ketones (excluding diaryl/α,β-unsaturated/α-hetero) is 2. The molecule has 1 N–H and O–H groups in total. The topological polar surface area (TPSA) is 115 Å². The Bertz CT molecular complexity index is 1350. The first-order valence-electron chi connectivity index (χ1n) is 12.9. The zero-order chi connectivity index (χ0) is 28.7. The van der Waals surface area contributed by atoms with Gasteiger partial charge in [-0.2, -0.15) is 0 Å². The first kappa shape index (κ1) is 28.7. The predicted molar refractivity (Wildman–Crippen MR) is 150 cm³/mol. The highest BCUT2D eigenvalue weighted by molar-refractivity contribution is 9.09. The summed E-state index contributed by atoms with van der Waals surface area (Å²) in [6.45, 7) is 12.5. The Morgan fingerprint density at radius 3 is 2.56 bits per heavy atom. The molecule has 0 spiro atoms. The molecule has 2 fully saturated rings. The summed E-state index contributed by atoms with van der Waals surface area (Å²) in [7, 11) is 0. The summed E-state index contributed by atoms with van der Waals surface area (Å²) in [4.78, 5) is 57.4. The van der Waals surface area contributed by atoms with E-state index in [-0.39, 0.29) is 41.5 Å². The summed E-state index contributed by atoms with van der Waals surface area (Å²) in [6, 6.07) is 6.35. The summed E-state index contributed by atoms with van der Waals surface area (Å²) in [6.07, 6.45) is 1.09. The first-order valence-corrected chi connectivity index (χ1v) is 14.0. The number of aryl methyl sites for hydroxylation is 1. The highest BCUT2D eigenvalue weighted by Gasteiger charge is 2.58. The Kier molecular flexibility index (Phi) is 7.89. The van der Waals surface area contributed by atoms with Crippen LogP contribution in [0.25, 0.3) is 10.9 Å². The van der Waals surface area contributed by atoms with Crippen LogP contribution < -0.4 is 10.1 Å². The highest BCUT2D eigenvalue weighted by atomic mass is 79.9. The number of hydrogen-bond donors (Lipinski definition) is 1. The molecule has 10 heteroatoms. The van der Waals surface area contributed by atoms with Crippen molar-refractivity contribution in [3.63, 3.8) is 0 Å². The lowest BCUT2D eigenvalue weighted by Crippen LogP contribution is -2.53. The van der Waals surface area contributed by atoms with Crippen LogP contribution in [-0.4, -0.2) is 68.6 Å². The van der Waals surface area contributed by atoms with Gasteiger partial charge in [-0.3, -0.25) is 19.3 Å². The second kappa shape index (κ2) is 10.7. The average molecular weight is 601 g/mol. The van der Waals surface area contributed by atoms with Crippen LogP contribution in [0, 0.1) is 12.8 Å². The fourth-order valence-electron chi connectivity index (χ4n) is 4.96. The van der Waals surface area contributed by atoms with Crippen molar-refractivity contribution in [2.75, 3.05) is 11.9 Å². The number of fused-ring (bicyclic) bond motifs is 1. The molecule has 1 aromatic carbocycles. The Hall–Kier alpha value is -3.27. The molecule has 4 rings (SSSR count). The van der Waals surface area contributed by atoms with Gasteiger partial charge in [-0.05, 0) is 58.7 Å². The van der Waals surface area contributed by atoms with Crippen molar-refractivity contribution >= 4 is 50.4 Å². The van der Waals surface area contributed by atoms with Gasteiger partial charge in [0.05, 0.1) is 17.4 Å². The van der Waals surface area contributed by atoms with Gasteiger partial charge in [0, 0.05) is 23.8 Å². The van der Waals surface area contributed by atoms with Gasteiger partial charge in [-0.15, -0.1) is 6.58 Å². The summed E-state index contributed by atoms with van der Waals surface area (Å²) in [5, 5.41) is 3.71. The number of likely N-dealkylation sites (tertiary alicyclic amines) is 1. The number of amides is 2. The van der Waals surface area contributed by atoms with Crippen LogP contribution >= 0.6 is 15.9 Å². The van der Waals surface area contributed by atoms with Gasteiger partial charge in [0.2, 0.25) is 5.91 Å². The molecule has 1 aliphatic heterocycles. The van der Waals surface area contributed by atoms with E-state index < -0.39 is 35.3 Å². The second-order valence-electron chi connectivity index (χ2n) is 11.3. The first-order chi connectivity index (χ1) is 18.3.